The molecule has 0 aliphatic carbocycles. The molecule has 2 aromatic rings. The van der Waals surface area contributed by atoms with Crippen LogP contribution in [0.4, 0.5) is 5.69 Å². The number of hydrogen-bond donors (Lipinski definition) is 3. The number of anilines is 1. The van der Waals surface area contributed by atoms with Crippen molar-refractivity contribution in [2.24, 2.45) is 0 Å². The van der Waals surface area contributed by atoms with Crippen molar-refractivity contribution in [1.29, 1.82) is 0 Å². The van der Waals surface area contributed by atoms with E-state index < -0.39 is 0 Å². The molecule has 19 heavy (non-hydrogen) atoms. The van der Waals surface area contributed by atoms with Gasteiger partial charge in [0.1, 0.15) is 0 Å². The third-order valence-corrected chi connectivity index (χ3v) is 3.32. The lowest BCUT2D eigenvalue weighted by Crippen LogP contribution is -2.25. The summed E-state index contributed by atoms with van der Waals surface area (Å²) in [7, 11) is 0. The molecule has 98 valence electrons. The van der Waals surface area contributed by atoms with Crippen LogP contribution in [0.5, 0.6) is 0 Å². The van der Waals surface area contributed by atoms with Crippen LogP contribution in [0.1, 0.15) is 21.6 Å². The van der Waals surface area contributed by atoms with Gasteiger partial charge in [-0.1, -0.05) is 6.07 Å². The zero-order chi connectivity index (χ0) is 13.1. The fourth-order valence-corrected chi connectivity index (χ4v) is 2.27. The lowest BCUT2D eigenvalue weighted by Gasteiger charge is -2.06. The summed E-state index contributed by atoms with van der Waals surface area (Å²) in [5, 5.41) is 6.19. The summed E-state index contributed by atoms with van der Waals surface area (Å²) in [5.41, 5.74) is 4.10. The Bertz CT molecular complexity index is 577. The van der Waals surface area contributed by atoms with Crippen molar-refractivity contribution in [3.8, 4) is 0 Å². The van der Waals surface area contributed by atoms with E-state index in [1.165, 1.54) is 5.56 Å². The molecule has 3 N–H and O–H groups in total. The van der Waals surface area contributed by atoms with Crippen LogP contribution in [-0.2, 0) is 12.8 Å². The maximum absolute atomic E-state index is 12.0. The second-order valence-corrected chi connectivity index (χ2v) is 4.63. The van der Waals surface area contributed by atoms with Crippen molar-refractivity contribution in [1.82, 2.24) is 15.3 Å². The molecule has 5 nitrogen and oxygen atoms in total. The first-order valence-corrected chi connectivity index (χ1v) is 6.45. The van der Waals surface area contributed by atoms with Crippen molar-refractivity contribution in [2.45, 2.75) is 12.8 Å². The Morgan fingerprint density at radius 1 is 1.42 bits per heavy atom. The second kappa shape index (κ2) is 5.14. The normalized spacial score (nSPS) is 12.8. The Morgan fingerprint density at radius 2 is 2.37 bits per heavy atom. The van der Waals surface area contributed by atoms with Gasteiger partial charge in [0.2, 0.25) is 0 Å². The van der Waals surface area contributed by atoms with Gasteiger partial charge in [-0.2, -0.15) is 0 Å². The van der Waals surface area contributed by atoms with E-state index in [-0.39, 0.29) is 5.91 Å². The summed E-state index contributed by atoms with van der Waals surface area (Å²) in [6, 6.07) is 5.84. The number of nitrogens with one attached hydrogen (secondary N) is 3. The molecule has 1 aromatic heterocycles. The topological polar surface area (TPSA) is 69.8 Å². The first kappa shape index (κ1) is 11.8. The van der Waals surface area contributed by atoms with Crippen LogP contribution in [0.25, 0.3) is 0 Å². The Morgan fingerprint density at radius 3 is 3.21 bits per heavy atom. The molecule has 1 aromatic carbocycles. The first-order valence-electron chi connectivity index (χ1n) is 6.45. The number of H-pyrrole nitrogens is 1. The molecule has 0 radical (unpaired) electrons. The van der Waals surface area contributed by atoms with Crippen LogP contribution in [0.15, 0.2) is 30.7 Å². The number of carbonyl (C=O) groups is 1. The van der Waals surface area contributed by atoms with Gasteiger partial charge in [-0.15, -0.1) is 0 Å². The van der Waals surface area contributed by atoms with Gasteiger partial charge in [0.15, 0.2) is 0 Å². The number of carbonyl (C=O) groups excluding carboxylic acids is 1. The molecule has 1 aliphatic rings. The van der Waals surface area contributed by atoms with Gasteiger partial charge in [-0.05, 0) is 24.1 Å². The number of hydrogen-bond acceptors (Lipinski definition) is 3. The summed E-state index contributed by atoms with van der Waals surface area (Å²) in [4.78, 5) is 19.0. The molecule has 0 bridgehead atoms. The fourth-order valence-electron chi connectivity index (χ4n) is 2.27. The Hall–Kier alpha value is -2.30. The molecule has 2 heterocycles. The molecule has 5 heteroatoms. The van der Waals surface area contributed by atoms with Crippen molar-refractivity contribution in [2.75, 3.05) is 18.4 Å². The summed E-state index contributed by atoms with van der Waals surface area (Å²) in [6.45, 7) is 1.56. The zero-order valence-corrected chi connectivity index (χ0v) is 10.6. The van der Waals surface area contributed by atoms with Crippen LogP contribution in [0, 0.1) is 0 Å². The number of rotatable bonds is 4. The van der Waals surface area contributed by atoms with E-state index in [1.54, 1.807) is 12.5 Å². The summed E-state index contributed by atoms with van der Waals surface area (Å²) >= 11 is 0. The third-order valence-electron chi connectivity index (χ3n) is 3.32. The highest BCUT2D eigenvalue weighted by Gasteiger charge is 2.13. The highest BCUT2D eigenvalue weighted by Crippen LogP contribution is 2.23. The predicted molar refractivity (Wildman–Crippen MR) is 73.3 cm³/mol. The number of benzene rings is 1. The lowest BCUT2D eigenvalue weighted by atomic mass is 10.1. The zero-order valence-electron chi connectivity index (χ0n) is 10.6. The number of fused-ring (bicyclic) bond motifs is 1. The van der Waals surface area contributed by atoms with Crippen molar-refractivity contribution in [3.63, 3.8) is 0 Å². The Balaban J connectivity index is 1.58. The molecule has 0 saturated heterocycles. The van der Waals surface area contributed by atoms with E-state index in [1.807, 2.05) is 18.2 Å². The maximum Gasteiger partial charge on any atom is 0.251 e. The van der Waals surface area contributed by atoms with E-state index in [0.29, 0.717) is 12.1 Å². The average molecular weight is 256 g/mol. The van der Waals surface area contributed by atoms with Crippen molar-refractivity contribution < 1.29 is 4.79 Å². The number of imidazole rings is 1. The minimum atomic E-state index is -0.0315. The molecule has 0 unspecified atom stereocenters. The molecular formula is C14H16N4O. The predicted octanol–water partition coefficient (Wildman–Crippen LogP) is 1.35. The third kappa shape index (κ3) is 2.59. The van der Waals surface area contributed by atoms with Gasteiger partial charge < -0.3 is 15.6 Å². The van der Waals surface area contributed by atoms with Crippen molar-refractivity contribution in [3.05, 3.63) is 47.5 Å². The van der Waals surface area contributed by atoms with Crippen LogP contribution in [-0.4, -0.2) is 29.0 Å². The van der Waals surface area contributed by atoms with E-state index in [4.69, 9.17) is 0 Å². The Kier molecular flexibility index (Phi) is 3.18. The van der Waals surface area contributed by atoms with E-state index >= 15 is 0 Å². The minimum absolute atomic E-state index is 0.0315. The molecule has 0 spiro atoms. The number of aromatic amines is 1. The molecule has 0 atom stereocenters. The molecular weight excluding hydrogens is 240 g/mol. The maximum atomic E-state index is 12.0. The molecule has 0 fully saturated rings. The summed E-state index contributed by atoms with van der Waals surface area (Å²) < 4.78 is 0. The SMILES string of the molecule is O=C(NCCc1cnc[nH]1)c1ccc2c(c1)NCC2. The minimum Gasteiger partial charge on any atom is -0.384 e. The van der Waals surface area contributed by atoms with Crippen LogP contribution >= 0.6 is 0 Å². The lowest BCUT2D eigenvalue weighted by molar-refractivity contribution is 0.0954. The number of nitrogens with zero attached hydrogens (tertiary/aromatic N) is 1. The summed E-state index contributed by atoms with van der Waals surface area (Å²) in [6.07, 6.45) is 5.21. The number of aromatic nitrogens is 2. The average Bonchev–Trinajstić information content (AvgIpc) is 3.08. The van der Waals surface area contributed by atoms with Crippen LogP contribution in [0.3, 0.4) is 0 Å². The van der Waals surface area contributed by atoms with Gasteiger partial charge in [0, 0.05) is 42.7 Å². The van der Waals surface area contributed by atoms with Gasteiger partial charge >= 0.3 is 0 Å². The molecule has 1 amide bonds. The quantitative estimate of drug-likeness (QED) is 0.773. The standard InChI is InChI=1S/C14H16N4O/c19-14(17-6-4-12-8-15-9-18-12)11-2-1-10-3-5-16-13(10)7-11/h1-2,7-9,16H,3-6H2,(H,15,18)(H,17,19). The highest BCUT2D eigenvalue weighted by molar-refractivity contribution is 5.95. The van der Waals surface area contributed by atoms with E-state index in [9.17, 15) is 4.79 Å². The smallest absolute Gasteiger partial charge is 0.251 e. The van der Waals surface area contributed by atoms with Crippen LogP contribution in [0.2, 0.25) is 0 Å². The Labute approximate surface area is 111 Å². The monoisotopic (exact) mass is 256 g/mol. The molecule has 3 rings (SSSR count). The van der Waals surface area contributed by atoms with Gasteiger partial charge in [-0.3, -0.25) is 4.79 Å². The molecule has 0 saturated carbocycles. The highest BCUT2D eigenvalue weighted by atomic mass is 16.1. The van der Waals surface area contributed by atoms with E-state index in [2.05, 4.69) is 20.6 Å². The largest absolute Gasteiger partial charge is 0.384 e. The molecule has 1 aliphatic heterocycles. The van der Waals surface area contributed by atoms with E-state index in [0.717, 1.165) is 30.8 Å². The van der Waals surface area contributed by atoms with Crippen molar-refractivity contribution >= 4 is 11.6 Å². The second-order valence-electron chi connectivity index (χ2n) is 4.63. The number of amides is 1. The fraction of sp³-hybridized carbons (Fsp3) is 0.286. The first-order chi connectivity index (χ1) is 9.33. The van der Waals surface area contributed by atoms with Gasteiger partial charge in [0.25, 0.3) is 5.91 Å². The summed E-state index contributed by atoms with van der Waals surface area (Å²) in [5.74, 6) is -0.0315. The van der Waals surface area contributed by atoms with Gasteiger partial charge in [-0.25, -0.2) is 4.98 Å². The van der Waals surface area contributed by atoms with Gasteiger partial charge in [0.05, 0.1) is 6.33 Å². The van der Waals surface area contributed by atoms with Crippen LogP contribution < -0.4 is 10.6 Å².